The minimum atomic E-state index is 0.799. The van der Waals surface area contributed by atoms with Crippen molar-refractivity contribution in [2.75, 3.05) is 0 Å². The van der Waals surface area contributed by atoms with Crippen LogP contribution in [0.1, 0.15) is 19.7 Å². The van der Waals surface area contributed by atoms with Gasteiger partial charge in [-0.15, -0.1) is 10.2 Å². The van der Waals surface area contributed by atoms with Crippen LogP contribution in [0.3, 0.4) is 0 Å². The van der Waals surface area contributed by atoms with Crippen molar-refractivity contribution >= 4 is 0 Å². The van der Waals surface area contributed by atoms with Crippen molar-refractivity contribution in [3.8, 4) is 0 Å². The zero-order chi connectivity index (χ0) is 6.69. The van der Waals surface area contributed by atoms with Crippen LogP contribution in [-0.4, -0.2) is 20.2 Å². The van der Waals surface area contributed by atoms with Crippen molar-refractivity contribution in [1.29, 1.82) is 0 Å². The van der Waals surface area contributed by atoms with Crippen LogP contribution in [0.5, 0.6) is 0 Å². The molecule has 0 aliphatic carbocycles. The lowest BCUT2D eigenvalue weighted by molar-refractivity contribution is 0.550. The number of nitrogens with zero attached hydrogens (tertiary/aromatic N) is 4. The molecule has 1 aromatic rings. The van der Waals surface area contributed by atoms with E-state index in [0.29, 0.717) is 0 Å². The van der Waals surface area contributed by atoms with Crippen LogP contribution in [-0.2, 0) is 13.0 Å². The molecule has 1 aromatic heterocycles. The second-order valence-electron chi connectivity index (χ2n) is 1.75. The summed E-state index contributed by atoms with van der Waals surface area (Å²) >= 11 is 0. The Kier molecular flexibility index (Phi) is 1.77. The Morgan fingerprint density at radius 1 is 1.44 bits per heavy atom. The summed E-state index contributed by atoms with van der Waals surface area (Å²) in [6, 6.07) is 0. The Morgan fingerprint density at radius 2 is 2.22 bits per heavy atom. The highest BCUT2D eigenvalue weighted by atomic mass is 15.6. The van der Waals surface area contributed by atoms with Gasteiger partial charge in [-0.2, -0.15) is 4.80 Å². The molecule has 9 heavy (non-hydrogen) atoms. The van der Waals surface area contributed by atoms with Gasteiger partial charge in [0.25, 0.3) is 0 Å². The molecule has 0 unspecified atom stereocenters. The number of tetrazole rings is 1. The van der Waals surface area contributed by atoms with Gasteiger partial charge in [0, 0.05) is 6.42 Å². The van der Waals surface area contributed by atoms with Crippen LogP contribution in [0.25, 0.3) is 0 Å². The fourth-order valence-electron chi connectivity index (χ4n) is 0.552. The highest BCUT2D eigenvalue weighted by Crippen LogP contribution is 1.85. The molecular weight excluding hydrogens is 116 g/mol. The van der Waals surface area contributed by atoms with Crippen molar-refractivity contribution in [3.05, 3.63) is 5.82 Å². The van der Waals surface area contributed by atoms with E-state index < -0.39 is 0 Å². The summed E-state index contributed by atoms with van der Waals surface area (Å²) in [5.74, 6) is 0.817. The molecule has 0 N–H and O–H groups in total. The van der Waals surface area contributed by atoms with Crippen LogP contribution in [0, 0.1) is 0 Å². The van der Waals surface area contributed by atoms with Crippen molar-refractivity contribution in [3.63, 3.8) is 0 Å². The number of hydrogen-bond acceptors (Lipinski definition) is 3. The molecule has 0 aliphatic heterocycles. The van der Waals surface area contributed by atoms with E-state index in [9.17, 15) is 0 Å². The molecule has 4 nitrogen and oxygen atoms in total. The van der Waals surface area contributed by atoms with E-state index in [4.69, 9.17) is 0 Å². The van der Waals surface area contributed by atoms with Gasteiger partial charge in [0.1, 0.15) is 0 Å². The highest BCUT2D eigenvalue weighted by molar-refractivity contribution is 4.73. The maximum absolute atomic E-state index is 4.04. The first-order chi connectivity index (χ1) is 4.36. The molecule has 0 radical (unpaired) electrons. The van der Waals surface area contributed by atoms with E-state index in [1.807, 2.05) is 13.8 Å². The Balaban J connectivity index is 2.74. The average molecular weight is 126 g/mol. The molecule has 0 fully saturated rings. The SMILES string of the molecule is CCc1nnn(CC)n1. The average Bonchev–Trinajstić information content (AvgIpc) is 2.34. The van der Waals surface area contributed by atoms with Gasteiger partial charge in [0.15, 0.2) is 5.82 Å². The minimum Gasteiger partial charge on any atom is -0.164 e. The second-order valence-corrected chi connectivity index (χ2v) is 1.75. The summed E-state index contributed by atoms with van der Waals surface area (Å²) in [5, 5.41) is 11.6. The number of aromatic nitrogens is 4. The largest absolute Gasteiger partial charge is 0.174 e. The van der Waals surface area contributed by atoms with E-state index in [1.165, 1.54) is 0 Å². The van der Waals surface area contributed by atoms with Crippen LogP contribution >= 0.6 is 0 Å². The number of hydrogen-bond donors (Lipinski definition) is 0. The van der Waals surface area contributed by atoms with E-state index in [1.54, 1.807) is 4.80 Å². The molecule has 0 aliphatic rings. The van der Waals surface area contributed by atoms with E-state index in [0.717, 1.165) is 18.8 Å². The van der Waals surface area contributed by atoms with Gasteiger partial charge < -0.3 is 0 Å². The summed E-state index contributed by atoms with van der Waals surface area (Å²) in [7, 11) is 0. The van der Waals surface area contributed by atoms with Crippen LogP contribution in [0.2, 0.25) is 0 Å². The molecule has 0 saturated heterocycles. The summed E-state index contributed by atoms with van der Waals surface area (Å²) in [6.45, 7) is 4.80. The first-order valence-corrected chi connectivity index (χ1v) is 3.13. The fourth-order valence-corrected chi connectivity index (χ4v) is 0.552. The summed E-state index contributed by atoms with van der Waals surface area (Å²) in [4.78, 5) is 1.58. The fraction of sp³-hybridized carbons (Fsp3) is 0.800. The molecular formula is C5H10N4. The predicted octanol–water partition coefficient (Wildman–Crippen LogP) is 0.255. The van der Waals surface area contributed by atoms with Gasteiger partial charge in [0.05, 0.1) is 6.54 Å². The molecule has 0 spiro atoms. The van der Waals surface area contributed by atoms with Crippen molar-refractivity contribution < 1.29 is 0 Å². The lowest BCUT2D eigenvalue weighted by Crippen LogP contribution is -1.98. The molecule has 0 aromatic carbocycles. The predicted molar refractivity (Wildman–Crippen MR) is 32.9 cm³/mol. The maximum atomic E-state index is 4.04. The molecule has 0 bridgehead atoms. The molecule has 1 heterocycles. The Labute approximate surface area is 53.9 Å². The van der Waals surface area contributed by atoms with Gasteiger partial charge in [-0.1, -0.05) is 6.92 Å². The van der Waals surface area contributed by atoms with E-state index >= 15 is 0 Å². The van der Waals surface area contributed by atoms with Gasteiger partial charge in [-0.05, 0) is 12.1 Å². The number of aryl methyl sites for hydroxylation is 2. The summed E-state index contributed by atoms with van der Waals surface area (Å²) in [5.41, 5.74) is 0. The third-order valence-corrected chi connectivity index (χ3v) is 1.09. The van der Waals surface area contributed by atoms with Crippen molar-refractivity contribution in [2.45, 2.75) is 26.8 Å². The van der Waals surface area contributed by atoms with Crippen LogP contribution < -0.4 is 0 Å². The van der Waals surface area contributed by atoms with E-state index in [-0.39, 0.29) is 0 Å². The smallest absolute Gasteiger partial charge is 0.164 e. The molecule has 0 atom stereocenters. The summed E-state index contributed by atoms with van der Waals surface area (Å²) < 4.78 is 0. The molecule has 50 valence electrons. The van der Waals surface area contributed by atoms with Crippen molar-refractivity contribution in [1.82, 2.24) is 20.2 Å². The Bertz CT molecular complexity index is 162. The monoisotopic (exact) mass is 126 g/mol. The highest BCUT2D eigenvalue weighted by Gasteiger charge is 1.94. The lowest BCUT2D eigenvalue weighted by Gasteiger charge is -1.84. The first-order valence-electron chi connectivity index (χ1n) is 3.13. The third kappa shape index (κ3) is 1.25. The molecule has 1 rings (SSSR count). The molecule has 4 heteroatoms. The lowest BCUT2D eigenvalue weighted by atomic mass is 10.5. The van der Waals surface area contributed by atoms with E-state index in [2.05, 4.69) is 15.4 Å². The van der Waals surface area contributed by atoms with Gasteiger partial charge in [0.2, 0.25) is 0 Å². The van der Waals surface area contributed by atoms with Crippen molar-refractivity contribution in [2.24, 2.45) is 0 Å². The van der Waals surface area contributed by atoms with Gasteiger partial charge >= 0.3 is 0 Å². The standard InChI is InChI=1S/C5H10N4/c1-3-5-6-8-9(4-2)7-5/h3-4H2,1-2H3. The zero-order valence-corrected chi connectivity index (χ0v) is 5.70. The van der Waals surface area contributed by atoms with Crippen LogP contribution in [0.15, 0.2) is 0 Å². The Hall–Kier alpha value is -0.930. The molecule has 0 amide bonds. The first kappa shape index (κ1) is 6.19. The van der Waals surface area contributed by atoms with Gasteiger partial charge in [-0.3, -0.25) is 0 Å². The summed E-state index contributed by atoms with van der Waals surface area (Å²) in [6.07, 6.45) is 0.861. The Morgan fingerprint density at radius 3 is 2.56 bits per heavy atom. The molecule has 0 saturated carbocycles. The zero-order valence-electron chi connectivity index (χ0n) is 5.70. The minimum absolute atomic E-state index is 0.799. The third-order valence-electron chi connectivity index (χ3n) is 1.09. The van der Waals surface area contributed by atoms with Crippen LogP contribution in [0.4, 0.5) is 0 Å². The topological polar surface area (TPSA) is 43.6 Å². The number of rotatable bonds is 2. The quantitative estimate of drug-likeness (QED) is 0.570. The second kappa shape index (κ2) is 2.57. The normalized spacial score (nSPS) is 10.0. The maximum Gasteiger partial charge on any atom is 0.174 e. The van der Waals surface area contributed by atoms with Gasteiger partial charge in [-0.25, -0.2) is 0 Å².